The van der Waals surface area contributed by atoms with Gasteiger partial charge in [-0.3, -0.25) is 0 Å². The number of nitrogens with one attached hydrogen (secondary N) is 1. The Labute approximate surface area is 123 Å². The number of hydrogen-bond acceptors (Lipinski definition) is 2. The Morgan fingerprint density at radius 2 is 2.11 bits per heavy atom. The standard InChI is InChI=1S/C16H25NO.ClH/c1-3-4-5-8-13(2)16-12-17-11-14-9-6-7-10-15(14)18-16;/h6-7,9-10,13,16-17H,3-5,8,11-12H2,1-2H3;1H. The third-order valence-electron chi connectivity index (χ3n) is 3.81. The Morgan fingerprint density at radius 3 is 2.89 bits per heavy atom. The monoisotopic (exact) mass is 283 g/mol. The molecule has 1 N–H and O–H groups in total. The van der Waals surface area contributed by atoms with Gasteiger partial charge in [0.15, 0.2) is 0 Å². The Bertz CT molecular complexity index is 370. The zero-order valence-corrected chi connectivity index (χ0v) is 12.8. The molecular formula is C16H26ClNO. The predicted octanol–water partition coefficient (Wildman–Crippen LogP) is 4.18. The molecule has 1 aromatic carbocycles. The first-order valence-corrected chi connectivity index (χ1v) is 7.26. The van der Waals surface area contributed by atoms with Gasteiger partial charge in [0.25, 0.3) is 0 Å². The fourth-order valence-corrected chi connectivity index (χ4v) is 2.54. The summed E-state index contributed by atoms with van der Waals surface area (Å²) in [5.41, 5.74) is 1.28. The van der Waals surface area contributed by atoms with Crippen molar-refractivity contribution in [3.63, 3.8) is 0 Å². The van der Waals surface area contributed by atoms with E-state index in [0.717, 1.165) is 18.8 Å². The van der Waals surface area contributed by atoms with Gasteiger partial charge in [-0.25, -0.2) is 0 Å². The Hall–Kier alpha value is -0.730. The third kappa shape index (κ3) is 4.70. The Morgan fingerprint density at radius 1 is 1.32 bits per heavy atom. The van der Waals surface area contributed by atoms with Crippen LogP contribution in [-0.2, 0) is 6.54 Å². The van der Waals surface area contributed by atoms with Crippen molar-refractivity contribution in [1.82, 2.24) is 5.32 Å². The molecule has 3 heteroatoms. The molecule has 2 rings (SSSR count). The van der Waals surface area contributed by atoms with Gasteiger partial charge in [0.2, 0.25) is 0 Å². The maximum atomic E-state index is 6.19. The molecule has 1 aliphatic rings. The summed E-state index contributed by atoms with van der Waals surface area (Å²) >= 11 is 0. The molecule has 0 aliphatic carbocycles. The van der Waals surface area contributed by atoms with Crippen LogP contribution in [0.15, 0.2) is 24.3 Å². The lowest BCUT2D eigenvalue weighted by molar-refractivity contribution is 0.139. The molecule has 0 amide bonds. The first-order valence-electron chi connectivity index (χ1n) is 7.26. The molecule has 1 aliphatic heterocycles. The molecule has 0 radical (unpaired) electrons. The number of benzene rings is 1. The van der Waals surface area contributed by atoms with E-state index in [4.69, 9.17) is 4.74 Å². The van der Waals surface area contributed by atoms with Crippen molar-refractivity contribution in [3.8, 4) is 5.75 Å². The lowest BCUT2D eigenvalue weighted by Crippen LogP contribution is -2.34. The highest BCUT2D eigenvalue weighted by atomic mass is 35.5. The van der Waals surface area contributed by atoms with E-state index >= 15 is 0 Å². The molecule has 1 aromatic rings. The maximum Gasteiger partial charge on any atom is 0.124 e. The van der Waals surface area contributed by atoms with E-state index in [1.54, 1.807) is 0 Å². The van der Waals surface area contributed by atoms with Gasteiger partial charge in [0.05, 0.1) is 0 Å². The Balaban J connectivity index is 0.00000180. The average molecular weight is 284 g/mol. The quantitative estimate of drug-likeness (QED) is 0.819. The van der Waals surface area contributed by atoms with Gasteiger partial charge in [-0.2, -0.15) is 0 Å². The molecule has 0 bridgehead atoms. The van der Waals surface area contributed by atoms with E-state index in [9.17, 15) is 0 Å². The van der Waals surface area contributed by atoms with Gasteiger partial charge < -0.3 is 10.1 Å². The highest BCUT2D eigenvalue weighted by molar-refractivity contribution is 5.85. The summed E-state index contributed by atoms with van der Waals surface area (Å²) in [6, 6.07) is 8.37. The molecule has 0 spiro atoms. The minimum Gasteiger partial charge on any atom is -0.488 e. The zero-order valence-electron chi connectivity index (χ0n) is 12.0. The molecule has 108 valence electrons. The number of ether oxygens (including phenoxy) is 1. The number of rotatable bonds is 5. The number of fused-ring (bicyclic) bond motifs is 1. The molecule has 2 unspecified atom stereocenters. The van der Waals surface area contributed by atoms with Crippen molar-refractivity contribution >= 4 is 12.4 Å². The second-order valence-electron chi connectivity index (χ2n) is 5.37. The van der Waals surface area contributed by atoms with Crippen molar-refractivity contribution in [2.24, 2.45) is 5.92 Å². The summed E-state index contributed by atoms with van der Waals surface area (Å²) in [5.74, 6) is 1.69. The van der Waals surface area contributed by atoms with E-state index in [2.05, 4.69) is 43.4 Å². The van der Waals surface area contributed by atoms with Crippen LogP contribution < -0.4 is 10.1 Å². The smallest absolute Gasteiger partial charge is 0.124 e. The summed E-state index contributed by atoms with van der Waals surface area (Å²) in [5, 5.41) is 3.50. The van der Waals surface area contributed by atoms with E-state index in [1.165, 1.54) is 31.2 Å². The fraction of sp³-hybridized carbons (Fsp3) is 0.625. The molecule has 0 saturated heterocycles. The average Bonchev–Trinajstić information content (AvgIpc) is 2.61. The lowest BCUT2D eigenvalue weighted by Gasteiger charge is -2.23. The van der Waals surface area contributed by atoms with Gasteiger partial charge in [-0.05, 0) is 18.4 Å². The van der Waals surface area contributed by atoms with Gasteiger partial charge in [0.1, 0.15) is 11.9 Å². The number of para-hydroxylation sites is 1. The molecule has 0 saturated carbocycles. The molecule has 2 atom stereocenters. The molecule has 2 nitrogen and oxygen atoms in total. The van der Waals surface area contributed by atoms with Gasteiger partial charge in [-0.1, -0.05) is 51.3 Å². The van der Waals surface area contributed by atoms with Crippen LogP contribution in [0.5, 0.6) is 5.75 Å². The van der Waals surface area contributed by atoms with Crippen molar-refractivity contribution in [1.29, 1.82) is 0 Å². The minimum atomic E-state index is 0. The molecule has 0 aromatic heterocycles. The third-order valence-corrected chi connectivity index (χ3v) is 3.81. The fourth-order valence-electron chi connectivity index (χ4n) is 2.54. The van der Waals surface area contributed by atoms with Gasteiger partial charge in [0, 0.05) is 18.7 Å². The zero-order chi connectivity index (χ0) is 12.8. The molecule has 1 heterocycles. The summed E-state index contributed by atoms with van der Waals surface area (Å²) in [4.78, 5) is 0. The molecular weight excluding hydrogens is 258 g/mol. The maximum absolute atomic E-state index is 6.19. The topological polar surface area (TPSA) is 21.3 Å². The van der Waals surface area contributed by atoms with Gasteiger partial charge >= 0.3 is 0 Å². The van der Waals surface area contributed by atoms with Crippen LogP contribution in [0.4, 0.5) is 0 Å². The molecule has 19 heavy (non-hydrogen) atoms. The van der Waals surface area contributed by atoms with Crippen LogP contribution in [-0.4, -0.2) is 12.6 Å². The highest BCUT2D eigenvalue weighted by Gasteiger charge is 2.22. The van der Waals surface area contributed by atoms with Crippen LogP contribution in [0.3, 0.4) is 0 Å². The summed E-state index contributed by atoms with van der Waals surface area (Å²) in [6.45, 7) is 6.46. The van der Waals surface area contributed by atoms with Crippen LogP contribution in [0, 0.1) is 5.92 Å². The SMILES string of the molecule is CCCCCC(C)C1CNCc2ccccc2O1.Cl. The second-order valence-corrected chi connectivity index (χ2v) is 5.37. The first kappa shape index (κ1) is 16.3. The minimum absolute atomic E-state index is 0. The summed E-state index contributed by atoms with van der Waals surface area (Å²) in [6.07, 6.45) is 5.52. The largest absolute Gasteiger partial charge is 0.488 e. The van der Waals surface area contributed by atoms with Crippen molar-refractivity contribution < 1.29 is 4.74 Å². The first-order chi connectivity index (χ1) is 8.81. The van der Waals surface area contributed by atoms with E-state index in [-0.39, 0.29) is 12.4 Å². The number of hydrogen-bond donors (Lipinski definition) is 1. The Kier molecular flexibility index (Phi) is 7.25. The summed E-state index contributed by atoms with van der Waals surface area (Å²) < 4.78 is 6.19. The van der Waals surface area contributed by atoms with Crippen molar-refractivity contribution in [3.05, 3.63) is 29.8 Å². The van der Waals surface area contributed by atoms with E-state index < -0.39 is 0 Å². The molecule has 0 fully saturated rings. The van der Waals surface area contributed by atoms with Crippen molar-refractivity contribution in [2.75, 3.05) is 6.54 Å². The van der Waals surface area contributed by atoms with Crippen LogP contribution >= 0.6 is 12.4 Å². The lowest BCUT2D eigenvalue weighted by atomic mass is 9.97. The number of unbranched alkanes of at least 4 members (excludes halogenated alkanes) is 2. The normalized spacial score (nSPS) is 19.6. The highest BCUT2D eigenvalue weighted by Crippen LogP contribution is 2.25. The van der Waals surface area contributed by atoms with E-state index in [0.29, 0.717) is 12.0 Å². The van der Waals surface area contributed by atoms with Crippen LogP contribution in [0.1, 0.15) is 45.1 Å². The predicted molar refractivity (Wildman–Crippen MR) is 83.1 cm³/mol. The van der Waals surface area contributed by atoms with Gasteiger partial charge in [-0.15, -0.1) is 12.4 Å². The summed E-state index contributed by atoms with van der Waals surface area (Å²) in [7, 11) is 0. The van der Waals surface area contributed by atoms with Crippen LogP contribution in [0.25, 0.3) is 0 Å². The van der Waals surface area contributed by atoms with Crippen LogP contribution in [0.2, 0.25) is 0 Å². The second kappa shape index (κ2) is 8.44. The van der Waals surface area contributed by atoms with Crippen molar-refractivity contribution in [2.45, 2.75) is 52.2 Å². The number of halogens is 1. The van der Waals surface area contributed by atoms with E-state index in [1.807, 2.05) is 0 Å².